The van der Waals surface area contributed by atoms with Crippen LogP contribution in [0.4, 0.5) is 0 Å². The maximum atomic E-state index is 12.0. The van der Waals surface area contributed by atoms with Crippen molar-refractivity contribution in [2.75, 3.05) is 20.3 Å². The first-order valence-electron chi connectivity index (χ1n) is 10.9. The number of hydrogen-bond donors (Lipinski definition) is 1. The molecular formula is C25H27N3O4. The molecule has 1 N–H and O–H groups in total. The van der Waals surface area contributed by atoms with Crippen molar-refractivity contribution in [3.8, 4) is 34.3 Å². The van der Waals surface area contributed by atoms with E-state index < -0.39 is 0 Å². The van der Waals surface area contributed by atoms with Crippen LogP contribution in [-0.4, -0.2) is 36.3 Å². The fourth-order valence-corrected chi connectivity index (χ4v) is 3.59. The number of hydrogen-bond acceptors (Lipinski definition) is 6. The lowest BCUT2D eigenvalue weighted by Gasteiger charge is -2.13. The zero-order valence-corrected chi connectivity index (χ0v) is 18.2. The first kappa shape index (κ1) is 21.6. The number of nitrogens with one attached hydrogen (secondary N) is 1. The molecular weight excluding hydrogens is 406 g/mol. The van der Waals surface area contributed by atoms with Crippen molar-refractivity contribution in [3.63, 3.8) is 0 Å². The lowest BCUT2D eigenvalue weighted by Crippen LogP contribution is -2.29. The summed E-state index contributed by atoms with van der Waals surface area (Å²) in [6.45, 7) is 0.640. The Kier molecular flexibility index (Phi) is 7.17. The number of ether oxygens (including phenoxy) is 2. The van der Waals surface area contributed by atoms with E-state index in [1.807, 2.05) is 36.4 Å². The molecule has 0 bridgehead atoms. The Morgan fingerprint density at radius 2 is 1.78 bits per heavy atom. The van der Waals surface area contributed by atoms with E-state index in [-0.39, 0.29) is 12.5 Å². The second-order valence-electron chi connectivity index (χ2n) is 7.67. The summed E-state index contributed by atoms with van der Waals surface area (Å²) in [7, 11) is 1.62. The lowest BCUT2D eigenvalue weighted by atomic mass is 9.97. The van der Waals surface area contributed by atoms with Gasteiger partial charge in [-0.15, -0.1) is 0 Å². The Bertz CT molecular complexity index is 1060. The van der Waals surface area contributed by atoms with Gasteiger partial charge in [0.2, 0.25) is 5.82 Å². The van der Waals surface area contributed by atoms with Gasteiger partial charge >= 0.3 is 0 Å². The molecule has 0 aliphatic heterocycles. The number of methoxy groups -OCH3 is 1. The summed E-state index contributed by atoms with van der Waals surface area (Å²) in [5.41, 5.74) is 3.06. The van der Waals surface area contributed by atoms with Gasteiger partial charge in [0.05, 0.1) is 7.11 Å². The van der Waals surface area contributed by atoms with Gasteiger partial charge in [-0.1, -0.05) is 16.8 Å². The Hall–Kier alpha value is -3.61. The number of carbonyl (C=O) groups is 1. The van der Waals surface area contributed by atoms with E-state index in [9.17, 15) is 4.79 Å². The van der Waals surface area contributed by atoms with Gasteiger partial charge in [0, 0.05) is 17.7 Å². The molecule has 0 saturated heterocycles. The van der Waals surface area contributed by atoms with Crippen molar-refractivity contribution in [2.24, 2.45) is 0 Å². The van der Waals surface area contributed by atoms with Gasteiger partial charge < -0.3 is 19.3 Å². The summed E-state index contributed by atoms with van der Waals surface area (Å²) in [6, 6.07) is 14.7. The number of nitrogens with zero attached hydrogens (tertiary/aromatic N) is 2. The maximum Gasteiger partial charge on any atom is 0.258 e. The van der Waals surface area contributed by atoms with Crippen LogP contribution in [0.3, 0.4) is 0 Å². The molecule has 166 valence electrons. The predicted molar refractivity (Wildman–Crippen MR) is 121 cm³/mol. The van der Waals surface area contributed by atoms with Gasteiger partial charge in [0.25, 0.3) is 11.8 Å². The molecule has 1 aromatic heterocycles. The van der Waals surface area contributed by atoms with Crippen LogP contribution >= 0.6 is 0 Å². The predicted octanol–water partition coefficient (Wildman–Crippen LogP) is 4.80. The normalized spacial score (nSPS) is 13.3. The standard InChI is InChI=1S/C25H27N3O4/c1-30-21-11-7-19(8-12-21)24-27-25(32-28-24)20-9-13-22(14-10-20)31-17-23(29)26-16-15-18-5-3-2-4-6-18/h5,7-14H,2-4,6,15-17H2,1H3,(H,26,29). The van der Waals surface area contributed by atoms with Gasteiger partial charge in [-0.3, -0.25) is 4.79 Å². The Morgan fingerprint density at radius 3 is 2.50 bits per heavy atom. The summed E-state index contributed by atoms with van der Waals surface area (Å²) < 4.78 is 16.2. The number of allylic oxidation sites excluding steroid dienone is 1. The van der Waals surface area contributed by atoms with E-state index in [1.165, 1.54) is 18.4 Å². The molecule has 1 aliphatic rings. The third kappa shape index (κ3) is 5.75. The second-order valence-corrected chi connectivity index (χ2v) is 7.67. The van der Waals surface area contributed by atoms with Gasteiger partial charge in [-0.25, -0.2) is 0 Å². The van der Waals surface area contributed by atoms with Crippen LogP contribution < -0.4 is 14.8 Å². The SMILES string of the molecule is COc1ccc(-c2noc(-c3ccc(OCC(=O)NCCC4=CCCCC4)cc3)n2)cc1. The number of aromatic nitrogens is 2. The molecule has 0 spiro atoms. The highest BCUT2D eigenvalue weighted by atomic mass is 16.5. The Labute approximate surface area is 187 Å². The summed E-state index contributed by atoms with van der Waals surface area (Å²) in [5.74, 6) is 2.17. The van der Waals surface area contributed by atoms with Gasteiger partial charge in [-0.2, -0.15) is 4.98 Å². The van der Waals surface area contributed by atoms with Crippen LogP contribution in [0, 0.1) is 0 Å². The average Bonchev–Trinajstić information content (AvgIpc) is 3.34. The first-order valence-corrected chi connectivity index (χ1v) is 10.9. The third-order valence-corrected chi connectivity index (χ3v) is 5.40. The number of amides is 1. The van der Waals surface area contributed by atoms with E-state index in [4.69, 9.17) is 14.0 Å². The molecule has 1 amide bonds. The fraction of sp³-hybridized carbons (Fsp3) is 0.320. The number of carbonyl (C=O) groups excluding carboxylic acids is 1. The smallest absolute Gasteiger partial charge is 0.258 e. The van der Waals surface area contributed by atoms with Crippen molar-refractivity contribution in [1.29, 1.82) is 0 Å². The molecule has 2 aromatic carbocycles. The minimum Gasteiger partial charge on any atom is -0.497 e. The molecule has 0 unspecified atom stereocenters. The van der Waals surface area contributed by atoms with E-state index in [0.717, 1.165) is 36.1 Å². The van der Waals surface area contributed by atoms with Crippen LogP contribution in [0.2, 0.25) is 0 Å². The third-order valence-electron chi connectivity index (χ3n) is 5.40. The van der Waals surface area contributed by atoms with Crippen molar-refractivity contribution >= 4 is 5.91 Å². The number of rotatable bonds is 9. The molecule has 0 radical (unpaired) electrons. The van der Waals surface area contributed by atoms with Gasteiger partial charge in [0.1, 0.15) is 11.5 Å². The molecule has 7 heteroatoms. The van der Waals surface area contributed by atoms with Crippen LogP contribution in [-0.2, 0) is 4.79 Å². The van der Waals surface area contributed by atoms with Crippen molar-refractivity contribution in [3.05, 3.63) is 60.2 Å². The average molecular weight is 434 g/mol. The maximum absolute atomic E-state index is 12.0. The van der Waals surface area contributed by atoms with E-state index in [2.05, 4.69) is 21.5 Å². The minimum atomic E-state index is -0.119. The van der Waals surface area contributed by atoms with Crippen LogP contribution in [0.1, 0.15) is 32.1 Å². The number of benzene rings is 2. The minimum absolute atomic E-state index is 0.0133. The fourth-order valence-electron chi connectivity index (χ4n) is 3.59. The van der Waals surface area contributed by atoms with Crippen LogP contribution in [0.25, 0.3) is 22.8 Å². The van der Waals surface area contributed by atoms with E-state index in [1.54, 1.807) is 19.2 Å². The summed E-state index contributed by atoms with van der Waals surface area (Å²) in [6.07, 6.45) is 8.07. The van der Waals surface area contributed by atoms with Crippen molar-refractivity contribution in [2.45, 2.75) is 32.1 Å². The zero-order valence-electron chi connectivity index (χ0n) is 18.2. The highest BCUT2D eigenvalue weighted by molar-refractivity contribution is 5.77. The Morgan fingerprint density at radius 1 is 1.03 bits per heavy atom. The molecule has 7 nitrogen and oxygen atoms in total. The topological polar surface area (TPSA) is 86.5 Å². The molecule has 32 heavy (non-hydrogen) atoms. The molecule has 0 atom stereocenters. The van der Waals surface area contributed by atoms with Crippen LogP contribution in [0.5, 0.6) is 11.5 Å². The van der Waals surface area contributed by atoms with Crippen molar-refractivity contribution < 1.29 is 18.8 Å². The summed E-state index contributed by atoms with van der Waals surface area (Å²) in [4.78, 5) is 16.5. The molecule has 3 aromatic rings. The first-order chi connectivity index (χ1) is 15.7. The summed E-state index contributed by atoms with van der Waals surface area (Å²) in [5, 5.41) is 6.96. The lowest BCUT2D eigenvalue weighted by molar-refractivity contribution is -0.123. The molecule has 4 rings (SSSR count). The molecule has 0 saturated carbocycles. The van der Waals surface area contributed by atoms with E-state index in [0.29, 0.717) is 24.0 Å². The Balaban J connectivity index is 1.26. The van der Waals surface area contributed by atoms with Gasteiger partial charge in [0.15, 0.2) is 6.61 Å². The second kappa shape index (κ2) is 10.6. The largest absolute Gasteiger partial charge is 0.497 e. The van der Waals surface area contributed by atoms with Crippen molar-refractivity contribution in [1.82, 2.24) is 15.5 Å². The van der Waals surface area contributed by atoms with Crippen LogP contribution in [0.15, 0.2) is 64.7 Å². The monoisotopic (exact) mass is 433 g/mol. The molecule has 0 fully saturated rings. The quantitative estimate of drug-likeness (QED) is 0.488. The summed E-state index contributed by atoms with van der Waals surface area (Å²) >= 11 is 0. The molecule has 1 heterocycles. The molecule has 1 aliphatic carbocycles. The van der Waals surface area contributed by atoms with Gasteiger partial charge in [-0.05, 0) is 80.6 Å². The highest BCUT2D eigenvalue weighted by Gasteiger charge is 2.11. The zero-order chi connectivity index (χ0) is 22.2. The highest BCUT2D eigenvalue weighted by Crippen LogP contribution is 2.25. The van der Waals surface area contributed by atoms with E-state index >= 15 is 0 Å².